The van der Waals surface area contributed by atoms with Crippen molar-refractivity contribution in [2.45, 2.75) is 25.2 Å². The van der Waals surface area contributed by atoms with Crippen LogP contribution in [0.3, 0.4) is 0 Å². The topological polar surface area (TPSA) is 88.5 Å². The fourth-order valence-corrected chi connectivity index (χ4v) is 4.47. The lowest BCUT2D eigenvalue weighted by Gasteiger charge is -2.33. The van der Waals surface area contributed by atoms with Gasteiger partial charge in [0, 0.05) is 63.9 Å². The minimum atomic E-state index is -4.52. The number of alkyl halides is 3. The number of carbonyl (C=O) groups is 2. The number of amides is 2. The molecule has 0 saturated carbocycles. The molecule has 0 radical (unpaired) electrons. The van der Waals surface area contributed by atoms with Crippen molar-refractivity contribution in [3.05, 3.63) is 120 Å². The van der Waals surface area contributed by atoms with Gasteiger partial charge in [0.15, 0.2) is 0 Å². The van der Waals surface area contributed by atoms with E-state index < -0.39 is 23.7 Å². The van der Waals surface area contributed by atoms with Crippen LogP contribution in [-0.4, -0.2) is 69.9 Å². The maximum Gasteiger partial charge on any atom is 0.417 e. The van der Waals surface area contributed by atoms with E-state index in [-0.39, 0.29) is 24.6 Å². The normalized spacial score (nSPS) is 12.2. The lowest BCUT2D eigenvalue weighted by molar-refractivity contribution is -0.143. The van der Waals surface area contributed by atoms with Crippen molar-refractivity contribution >= 4 is 17.9 Å². The predicted octanol–water partition coefficient (Wildman–Crippen LogP) is 5.32. The Kier molecular flexibility index (Phi) is 10.9. The number of aromatic nitrogens is 3. The van der Waals surface area contributed by atoms with Crippen LogP contribution in [0.4, 0.5) is 13.2 Å². The molecule has 2 aromatic carbocycles. The molecule has 0 aliphatic heterocycles. The lowest BCUT2D eigenvalue weighted by atomic mass is 10.0. The molecule has 1 atom stereocenters. The number of hydrogen-bond donors (Lipinski definition) is 0. The van der Waals surface area contributed by atoms with Crippen LogP contribution in [0.15, 0.2) is 97.7 Å². The van der Waals surface area contributed by atoms with E-state index in [0.717, 1.165) is 28.3 Å². The third-order valence-electron chi connectivity index (χ3n) is 6.93. The highest BCUT2D eigenvalue weighted by Crippen LogP contribution is 2.28. The number of pyridine rings is 1. The molecule has 0 aliphatic carbocycles. The Morgan fingerprint density at radius 2 is 1.61 bits per heavy atom. The van der Waals surface area contributed by atoms with Gasteiger partial charge >= 0.3 is 6.18 Å². The molecule has 0 aliphatic rings. The second kappa shape index (κ2) is 15.0. The van der Waals surface area contributed by atoms with Gasteiger partial charge in [-0.2, -0.15) is 13.2 Å². The van der Waals surface area contributed by atoms with E-state index in [1.807, 2.05) is 54.6 Å². The van der Waals surface area contributed by atoms with E-state index in [4.69, 9.17) is 4.74 Å². The molecule has 0 fully saturated rings. The number of likely N-dealkylation sites (N-methyl/N-ethyl adjacent to an activating group) is 1. The Morgan fingerprint density at radius 3 is 2.23 bits per heavy atom. The first-order valence-electron chi connectivity index (χ1n) is 13.8. The first-order chi connectivity index (χ1) is 21.2. The summed E-state index contributed by atoms with van der Waals surface area (Å²) in [6.07, 6.45) is 3.85. The molecule has 2 heterocycles. The summed E-state index contributed by atoms with van der Waals surface area (Å²) in [5.41, 5.74) is 2.62. The van der Waals surface area contributed by atoms with Gasteiger partial charge in [-0.1, -0.05) is 54.6 Å². The third kappa shape index (κ3) is 8.81. The molecule has 2 amide bonds. The van der Waals surface area contributed by atoms with E-state index in [1.54, 1.807) is 26.6 Å². The Balaban J connectivity index is 1.67. The molecule has 11 heteroatoms. The number of halogens is 3. The van der Waals surface area contributed by atoms with Crippen LogP contribution in [0.2, 0.25) is 0 Å². The minimum Gasteiger partial charge on any atom is -0.383 e. The summed E-state index contributed by atoms with van der Waals surface area (Å²) >= 11 is 0. The van der Waals surface area contributed by atoms with Crippen LogP contribution < -0.4 is 0 Å². The van der Waals surface area contributed by atoms with Crippen molar-refractivity contribution < 1.29 is 27.5 Å². The number of hydrogen-bond acceptors (Lipinski definition) is 6. The number of rotatable bonds is 12. The summed E-state index contributed by atoms with van der Waals surface area (Å²) < 4.78 is 44.1. The van der Waals surface area contributed by atoms with Crippen molar-refractivity contribution in [3.63, 3.8) is 0 Å². The number of benzene rings is 2. The molecule has 1 unspecified atom stereocenters. The number of nitrogens with zero attached hydrogens (tertiary/aromatic N) is 5. The van der Waals surface area contributed by atoms with Gasteiger partial charge in [-0.05, 0) is 34.9 Å². The van der Waals surface area contributed by atoms with Crippen molar-refractivity contribution in [1.29, 1.82) is 0 Å². The fourth-order valence-electron chi connectivity index (χ4n) is 4.47. The van der Waals surface area contributed by atoms with E-state index >= 15 is 0 Å². The van der Waals surface area contributed by atoms with Crippen LogP contribution in [0, 0.1) is 0 Å². The van der Waals surface area contributed by atoms with Gasteiger partial charge < -0.3 is 14.5 Å². The van der Waals surface area contributed by atoms with E-state index in [0.29, 0.717) is 19.3 Å². The highest BCUT2D eigenvalue weighted by atomic mass is 19.4. The summed E-state index contributed by atoms with van der Waals surface area (Å²) in [4.78, 5) is 42.6. The average molecular weight is 604 g/mol. The maximum absolute atomic E-state index is 13.9. The Hall–Kier alpha value is -4.90. The molecule has 0 bridgehead atoms. The number of methoxy groups -OCH3 is 1. The van der Waals surface area contributed by atoms with Crippen molar-refractivity contribution in [3.8, 4) is 11.1 Å². The Morgan fingerprint density at radius 1 is 0.909 bits per heavy atom. The largest absolute Gasteiger partial charge is 0.417 e. The molecule has 4 rings (SSSR count). The number of carbonyl (C=O) groups excluding carboxylic acids is 2. The minimum absolute atomic E-state index is 0.0938. The highest BCUT2D eigenvalue weighted by molar-refractivity contribution is 5.95. The van der Waals surface area contributed by atoms with Crippen molar-refractivity contribution in [2.24, 2.45) is 0 Å². The summed E-state index contributed by atoms with van der Waals surface area (Å²) in [5.74, 6) is -0.778. The molecular formula is C33H32F3N5O3. The van der Waals surface area contributed by atoms with Crippen LogP contribution in [0.5, 0.6) is 0 Å². The number of ether oxygens (including phenoxy) is 1. The molecule has 2 aromatic heterocycles. The summed E-state index contributed by atoms with van der Waals surface area (Å²) in [6, 6.07) is 18.1. The second-order valence-electron chi connectivity index (χ2n) is 10.1. The lowest BCUT2D eigenvalue weighted by Crippen LogP contribution is -2.51. The molecule has 8 nitrogen and oxygen atoms in total. The van der Waals surface area contributed by atoms with Crippen LogP contribution >= 0.6 is 0 Å². The SMILES string of the molecule is COCCN(C)C(=O)C(Cc1ccccc1)N(Cc1ccc(-c2cncnc2)cc1)C(=O)C=Cc1ccc(C(F)(F)F)cn1. The highest BCUT2D eigenvalue weighted by Gasteiger charge is 2.32. The van der Waals surface area contributed by atoms with E-state index in [2.05, 4.69) is 15.0 Å². The Labute approximate surface area is 253 Å². The van der Waals surface area contributed by atoms with E-state index in [1.165, 1.54) is 34.3 Å². The van der Waals surface area contributed by atoms with Gasteiger partial charge in [0.1, 0.15) is 12.4 Å². The van der Waals surface area contributed by atoms with Crippen LogP contribution in [0.25, 0.3) is 17.2 Å². The van der Waals surface area contributed by atoms with E-state index in [9.17, 15) is 22.8 Å². The molecule has 44 heavy (non-hydrogen) atoms. The first-order valence-corrected chi connectivity index (χ1v) is 13.8. The van der Waals surface area contributed by atoms with Crippen molar-refractivity contribution in [1.82, 2.24) is 24.8 Å². The van der Waals surface area contributed by atoms with Crippen LogP contribution in [0.1, 0.15) is 22.4 Å². The monoisotopic (exact) mass is 603 g/mol. The molecule has 0 saturated heterocycles. The maximum atomic E-state index is 13.9. The average Bonchev–Trinajstić information content (AvgIpc) is 3.04. The van der Waals surface area contributed by atoms with Gasteiger partial charge in [0.2, 0.25) is 11.8 Å². The van der Waals surface area contributed by atoms with Gasteiger partial charge in [0.25, 0.3) is 0 Å². The molecule has 0 spiro atoms. The second-order valence-corrected chi connectivity index (χ2v) is 10.1. The summed E-state index contributed by atoms with van der Waals surface area (Å²) in [6.45, 7) is 0.733. The van der Waals surface area contributed by atoms with Gasteiger partial charge in [-0.3, -0.25) is 14.6 Å². The smallest absolute Gasteiger partial charge is 0.383 e. The Bertz CT molecular complexity index is 1530. The standard InChI is InChI=1S/C33H32F3N5O3/c1-40(16-17-44-2)32(43)30(18-24-6-4-3-5-7-24)41(22-25-8-10-26(11-9-25)27-19-37-23-38-20-27)31(42)15-14-29-13-12-28(21-39-29)33(34,35)36/h3-15,19-21,23,30H,16-18,22H2,1-2H3. The third-order valence-corrected chi connectivity index (χ3v) is 6.93. The summed E-state index contributed by atoms with van der Waals surface area (Å²) in [5, 5.41) is 0. The zero-order valence-electron chi connectivity index (χ0n) is 24.3. The zero-order valence-corrected chi connectivity index (χ0v) is 24.3. The van der Waals surface area contributed by atoms with Gasteiger partial charge in [0.05, 0.1) is 17.9 Å². The quantitative estimate of drug-likeness (QED) is 0.204. The first kappa shape index (κ1) is 32.0. The molecule has 0 N–H and O–H groups in total. The predicted molar refractivity (Wildman–Crippen MR) is 160 cm³/mol. The summed E-state index contributed by atoms with van der Waals surface area (Å²) in [7, 11) is 3.20. The fraction of sp³-hybridized carbons (Fsp3) is 0.242. The van der Waals surface area contributed by atoms with Gasteiger partial charge in [-0.15, -0.1) is 0 Å². The molecule has 228 valence electrons. The van der Waals surface area contributed by atoms with Crippen LogP contribution in [-0.2, 0) is 33.5 Å². The molecule has 4 aromatic rings. The molecular weight excluding hydrogens is 571 g/mol. The zero-order chi connectivity index (χ0) is 31.5. The van der Waals surface area contributed by atoms with Crippen molar-refractivity contribution in [2.75, 3.05) is 27.3 Å². The van der Waals surface area contributed by atoms with Gasteiger partial charge in [-0.25, -0.2) is 9.97 Å².